The van der Waals surface area contributed by atoms with Gasteiger partial charge in [-0.05, 0) is 30.2 Å². The van der Waals surface area contributed by atoms with Crippen LogP contribution in [0, 0.1) is 0 Å². The zero-order valence-electron chi connectivity index (χ0n) is 16.2. The van der Waals surface area contributed by atoms with Crippen molar-refractivity contribution in [2.45, 2.75) is 38.1 Å². The summed E-state index contributed by atoms with van der Waals surface area (Å²) in [6.45, 7) is 1.30. The van der Waals surface area contributed by atoms with Crippen molar-refractivity contribution in [2.75, 3.05) is 0 Å². The summed E-state index contributed by atoms with van der Waals surface area (Å²) in [5, 5.41) is 24.0. The first-order chi connectivity index (χ1) is 14.3. The van der Waals surface area contributed by atoms with Crippen LogP contribution in [0.5, 0.6) is 0 Å². The maximum absolute atomic E-state index is 12.5. The van der Waals surface area contributed by atoms with Gasteiger partial charge in [-0.3, -0.25) is 4.79 Å². The van der Waals surface area contributed by atoms with Crippen molar-refractivity contribution < 1.29 is 29.3 Å². The van der Waals surface area contributed by atoms with Crippen LogP contribution in [-0.2, 0) is 27.4 Å². The molecule has 2 aromatic carbocycles. The molecule has 0 saturated carbocycles. The number of aliphatic hydroxyl groups is 1. The number of hydrogen-bond acceptors (Lipinski definition) is 5. The smallest absolute Gasteiger partial charge is 0.408 e. The Hall–Kier alpha value is -2.91. The minimum atomic E-state index is -1.37. The number of alkyl carbamates (subject to hydrolysis) is 1. The monoisotopic (exact) mass is 478 g/mol. The Morgan fingerprint density at radius 2 is 1.63 bits per heavy atom. The molecule has 30 heavy (non-hydrogen) atoms. The standard InChI is InChI=1S/C21H23BrN2O6/c1-13(25)18(24-21(29)30-12-15-5-3-2-4-6-15)19(26)23-17(20(27)28)11-14-7-9-16(22)10-8-14/h2-10,13,17-18,25H,11-12H2,1H3,(H,23,26)(H,24,29)(H,27,28)/t13-,17+,18+/m1/s1. The van der Waals surface area contributed by atoms with Gasteiger partial charge in [0, 0.05) is 10.9 Å². The van der Waals surface area contributed by atoms with Gasteiger partial charge in [-0.2, -0.15) is 0 Å². The summed E-state index contributed by atoms with van der Waals surface area (Å²) in [6.07, 6.45) is -2.13. The van der Waals surface area contributed by atoms with Gasteiger partial charge in [-0.1, -0.05) is 58.4 Å². The second kappa shape index (κ2) is 11.3. The molecule has 3 atom stereocenters. The van der Waals surface area contributed by atoms with E-state index in [2.05, 4.69) is 26.6 Å². The van der Waals surface area contributed by atoms with Gasteiger partial charge in [0.2, 0.25) is 5.91 Å². The van der Waals surface area contributed by atoms with Gasteiger partial charge in [-0.15, -0.1) is 0 Å². The lowest BCUT2D eigenvalue weighted by atomic mass is 10.0. The second-order valence-corrected chi connectivity index (χ2v) is 7.57. The minimum Gasteiger partial charge on any atom is -0.480 e. The lowest BCUT2D eigenvalue weighted by Gasteiger charge is -2.23. The number of rotatable bonds is 9. The van der Waals surface area contributed by atoms with Crippen molar-refractivity contribution in [3.63, 3.8) is 0 Å². The molecule has 0 unspecified atom stereocenters. The first-order valence-corrected chi connectivity index (χ1v) is 9.98. The van der Waals surface area contributed by atoms with E-state index in [1.54, 1.807) is 48.5 Å². The van der Waals surface area contributed by atoms with Crippen LogP contribution in [0.4, 0.5) is 4.79 Å². The molecule has 0 heterocycles. The highest BCUT2D eigenvalue weighted by Crippen LogP contribution is 2.12. The summed E-state index contributed by atoms with van der Waals surface area (Å²) >= 11 is 3.30. The maximum Gasteiger partial charge on any atom is 0.408 e. The van der Waals surface area contributed by atoms with Gasteiger partial charge in [0.05, 0.1) is 6.10 Å². The average molecular weight is 479 g/mol. The summed E-state index contributed by atoms with van der Waals surface area (Å²) in [7, 11) is 0. The minimum absolute atomic E-state index is 0.0118. The molecule has 0 aliphatic carbocycles. The maximum atomic E-state index is 12.5. The van der Waals surface area contributed by atoms with Crippen LogP contribution in [0.3, 0.4) is 0 Å². The third kappa shape index (κ3) is 7.49. The van der Waals surface area contributed by atoms with E-state index >= 15 is 0 Å². The van der Waals surface area contributed by atoms with Gasteiger partial charge in [0.25, 0.3) is 0 Å². The molecule has 160 valence electrons. The van der Waals surface area contributed by atoms with Crippen LogP contribution in [0.25, 0.3) is 0 Å². The first-order valence-electron chi connectivity index (χ1n) is 9.19. The van der Waals surface area contributed by atoms with E-state index in [0.717, 1.165) is 10.0 Å². The Morgan fingerprint density at radius 1 is 1.00 bits per heavy atom. The van der Waals surface area contributed by atoms with Crippen LogP contribution >= 0.6 is 15.9 Å². The second-order valence-electron chi connectivity index (χ2n) is 6.65. The van der Waals surface area contributed by atoms with Gasteiger partial charge >= 0.3 is 12.1 Å². The van der Waals surface area contributed by atoms with Gasteiger partial charge in [0.1, 0.15) is 18.7 Å². The molecule has 0 fully saturated rings. The Balaban J connectivity index is 1.97. The topological polar surface area (TPSA) is 125 Å². The molecule has 4 N–H and O–H groups in total. The summed E-state index contributed by atoms with van der Waals surface area (Å²) in [4.78, 5) is 36.2. The van der Waals surface area contributed by atoms with Crippen molar-refractivity contribution in [1.29, 1.82) is 0 Å². The normalized spacial score (nSPS) is 13.6. The Kier molecular flexibility index (Phi) is 8.82. The largest absolute Gasteiger partial charge is 0.480 e. The molecule has 2 amide bonds. The lowest BCUT2D eigenvalue weighted by Crippen LogP contribution is -2.56. The van der Waals surface area contributed by atoms with Crippen LogP contribution in [-0.4, -0.2) is 46.4 Å². The number of benzene rings is 2. The zero-order chi connectivity index (χ0) is 22.1. The van der Waals surface area contributed by atoms with Crippen LogP contribution in [0.1, 0.15) is 18.1 Å². The fraction of sp³-hybridized carbons (Fsp3) is 0.286. The lowest BCUT2D eigenvalue weighted by molar-refractivity contribution is -0.142. The quantitative estimate of drug-likeness (QED) is 0.437. The van der Waals surface area contributed by atoms with E-state index in [1.165, 1.54) is 6.92 Å². The van der Waals surface area contributed by atoms with E-state index in [9.17, 15) is 24.6 Å². The number of amides is 2. The fourth-order valence-electron chi connectivity index (χ4n) is 2.61. The number of nitrogens with one attached hydrogen (secondary N) is 2. The molecule has 8 nitrogen and oxygen atoms in total. The van der Waals surface area contributed by atoms with Gasteiger partial charge < -0.3 is 25.6 Å². The van der Waals surface area contributed by atoms with Crippen LogP contribution < -0.4 is 10.6 Å². The number of aliphatic carboxylic acids is 1. The predicted octanol–water partition coefficient (Wildman–Crippen LogP) is 2.24. The highest BCUT2D eigenvalue weighted by molar-refractivity contribution is 9.10. The summed E-state index contributed by atoms with van der Waals surface area (Å²) in [5.74, 6) is -2.06. The average Bonchev–Trinajstić information content (AvgIpc) is 2.71. The van der Waals surface area contributed by atoms with Gasteiger partial charge in [0.15, 0.2) is 0 Å². The van der Waals surface area contributed by atoms with Crippen LogP contribution in [0.2, 0.25) is 0 Å². The number of carbonyl (C=O) groups excluding carboxylic acids is 2. The third-order valence-electron chi connectivity index (χ3n) is 4.22. The van der Waals surface area contributed by atoms with Gasteiger partial charge in [-0.25, -0.2) is 9.59 Å². The fourth-order valence-corrected chi connectivity index (χ4v) is 2.88. The zero-order valence-corrected chi connectivity index (χ0v) is 17.8. The molecule has 2 rings (SSSR count). The van der Waals surface area contributed by atoms with E-state index in [-0.39, 0.29) is 13.0 Å². The van der Waals surface area contributed by atoms with E-state index in [4.69, 9.17) is 4.74 Å². The molecule has 0 bridgehead atoms. The number of aliphatic hydroxyl groups excluding tert-OH is 1. The van der Waals surface area contributed by atoms with Crippen molar-refractivity contribution in [3.05, 3.63) is 70.2 Å². The summed E-state index contributed by atoms with van der Waals surface area (Å²) in [5.41, 5.74) is 1.46. The molecular formula is C21H23BrN2O6. The predicted molar refractivity (Wildman–Crippen MR) is 113 cm³/mol. The molecule has 0 aliphatic rings. The van der Waals surface area contributed by atoms with E-state index < -0.39 is 36.2 Å². The highest BCUT2D eigenvalue weighted by atomic mass is 79.9. The van der Waals surface area contributed by atoms with Crippen molar-refractivity contribution >= 4 is 33.9 Å². The van der Waals surface area contributed by atoms with E-state index in [1.807, 2.05) is 6.07 Å². The molecule has 9 heteroatoms. The summed E-state index contributed by atoms with van der Waals surface area (Å²) in [6, 6.07) is 13.3. The first kappa shape index (κ1) is 23.4. The molecule has 0 saturated heterocycles. The number of halogens is 1. The Labute approximate surface area is 182 Å². The molecule has 2 aromatic rings. The summed E-state index contributed by atoms with van der Waals surface area (Å²) < 4.78 is 5.90. The molecule has 0 radical (unpaired) electrons. The number of carboxylic acids is 1. The number of ether oxygens (including phenoxy) is 1. The number of carboxylic acid groups (broad SMARTS) is 1. The van der Waals surface area contributed by atoms with Crippen molar-refractivity contribution in [3.8, 4) is 0 Å². The van der Waals surface area contributed by atoms with Crippen molar-refractivity contribution in [1.82, 2.24) is 10.6 Å². The molecule has 0 spiro atoms. The molecular weight excluding hydrogens is 456 g/mol. The third-order valence-corrected chi connectivity index (χ3v) is 4.75. The van der Waals surface area contributed by atoms with Crippen molar-refractivity contribution in [2.24, 2.45) is 0 Å². The Bertz CT molecular complexity index is 858. The SMILES string of the molecule is C[C@@H](O)[C@H](NC(=O)OCc1ccccc1)C(=O)N[C@@H](Cc1ccc(Br)cc1)C(=O)O. The number of hydrogen-bond donors (Lipinski definition) is 4. The Morgan fingerprint density at radius 3 is 2.20 bits per heavy atom. The van der Waals surface area contributed by atoms with E-state index in [0.29, 0.717) is 5.56 Å². The highest BCUT2D eigenvalue weighted by Gasteiger charge is 2.30. The molecule has 0 aromatic heterocycles. The molecule has 0 aliphatic heterocycles. The van der Waals surface area contributed by atoms with Crippen LogP contribution in [0.15, 0.2) is 59.1 Å². The number of carbonyl (C=O) groups is 3.